The first-order valence-corrected chi connectivity index (χ1v) is 10.3. The van der Waals surface area contributed by atoms with Crippen LogP contribution < -0.4 is 15.8 Å². The summed E-state index contributed by atoms with van der Waals surface area (Å²) in [6.07, 6.45) is 3.45. The summed E-state index contributed by atoms with van der Waals surface area (Å²) in [6.45, 7) is 4.34. The van der Waals surface area contributed by atoms with Crippen molar-refractivity contribution in [2.75, 3.05) is 56.2 Å². The second-order valence-electron chi connectivity index (χ2n) is 7.69. The number of amides is 1. The minimum atomic E-state index is -0.392. The predicted molar refractivity (Wildman–Crippen MR) is 111 cm³/mol. The third-order valence-corrected chi connectivity index (χ3v) is 5.49. The van der Waals surface area contributed by atoms with Gasteiger partial charge in [-0.15, -0.1) is 0 Å². The molecule has 0 aliphatic carbocycles. The van der Waals surface area contributed by atoms with Gasteiger partial charge in [0.05, 0.1) is 37.7 Å². The summed E-state index contributed by atoms with van der Waals surface area (Å²) in [7, 11) is 0. The van der Waals surface area contributed by atoms with Crippen molar-refractivity contribution in [1.29, 1.82) is 0 Å². The van der Waals surface area contributed by atoms with Gasteiger partial charge in [-0.2, -0.15) is 5.10 Å². The molecule has 1 amide bonds. The first-order chi connectivity index (χ1) is 14.6. The van der Waals surface area contributed by atoms with Crippen LogP contribution in [0.2, 0.25) is 0 Å². The maximum atomic E-state index is 13.3. The lowest BCUT2D eigenvalue weighted by molar-refractivity contribution is -0.117. The van der Waals surface area contributed by atoms with Gasteiger partial charge in [0.25, 0.3) is 5.56 Å². The van der Waals surface area contributed by atoms with Gasteiger partial charge in [-0.25, -0.2) is 9.07 Å². The van der Waals surface area contributed by atoms with E-state index in [1.54, 1.807) is 24.4 Å². The summed E-state index contributed by atoms with van der Waals surface area (Å²) < 4.78 is 20.2. The van der Waals surface area contributed by atoms with Crippen molar-refractivity contribution >= 4 is 17.3 Å². The van der Waals surface area contributed by atoms with Crippen LogP contribution in [0.4, 0.5) is 15.8 Å². The Bertz CT molecular complexity index is 944. The SMILES string of the molecule is O=C(CN1CCCC(n2ncc(N3CCOCC3)cc2=O)C1)Nc1cccc(F)c1. The third-order valence-electron chi connectivity index (χ3n) is 5.49. The summed E-state index contributed by atoms with van der Waals surface area (Å²) in [5.74, 6) is -0.596. The van der Waals surface area contributed by atoms with Crippen molar-refractivity contribution in [2.24, 2.45) is 0 Å². The number of nitrogens with one attached hydrogen (secondary N) is 1. The molecule has 0 bridgehead atoms. The van der Waals surface area contributed by atoms with E-state index in [1.807, 2.05) is 4.90 Å². The smallest absolute Gasteiger partial charge is 0.269 e. The highest BCUT2D eigenvalue weighted by molar-refractivity contribution is 5.92. The lowest BCUT2D eigenvalue weighted by atomic mass is 10.1. The summed E-state index contributed by atoms with van der Waals surface area (Å²) in [5.41, 5.74) is 1.13. The Morgan fingerprint density at radius 1 is 1.23 bits per heavy atom. The Hall–Kier alpha value is -2.78. The zero-order valence-corrected chi connectivity index (χ0v) is 16.8. The average molecular weight is 415 g/mol. The number of morpholine rings is 1. The molecule has 30 heavy (non-hydrogen) atoms. The van der Waals surface area contributed by atoms with E-state index in [0.29, 0.717) is 25.4 Å². The summed E-state index contributed by atoms with van der Waals surface area (Å²) >= 11 is 0. The van der Waals surface area contributed by atoms with E-state index in [2.05, 4.69) is 15.3 Å². The summed E-state index contributed by atoms with van der Waals surface area (Å²) in [4.78, 5) is 29.1. The van der Waals surface area contributed by atoms with Crippen LogP contribution >= 0.6 is 0 Å². The van der Waals surface area contributed by atoms with Crippen molar-refractivity contribution in [1.82, 2.24) is 14.7 Å². The molecule has 160 valence electrons. The van der Waals surface area contributed by atoms with Gasteiger partial charge in [0, 0.05) is 31.4 Å². The largest absolute Gasteiger partial charge is 0.378 e. The molecule has 3 heterocycles. The molecule has 1 atom stereocenters. The number of piperidine rings is 1. The predicted octanol–water partition coefficient (Wildman–Crippen LogP) is 1.49. The third kappa shape index (κ3) is 5.03. The summed E-state index contributed by atoms with van der Waals surface area (Å²) in [5, 5.41) is 7.14. The van der Waals surface area contributed by atoms with E-state index in [0.717, 1.165) is 38.2 Å². The van der Waals surface area contributed by atoms with E-state index >= 15 is 0 Å². The van der Waals surface area contributed by atoms with Crippen molar-refractivity contribution in [3.05, 3.63) is 52.7 Å². The number of ether oxygens (including phenoxy) is 1. The molecule has 1 N–H and O–H groups in total. The van der Waals surface area contributed by atoms with E-state index in [-0.39, 0.29) is 24.1 Å². The first kappa shape index (κ1) is 20.5. The Kier molecular flexibility index (Phi) is 6.39. The number of halogens is 1. The van der Waals surface area contributed by atoms with Gasteiger partial charge in [0.15, 0.2) is 0 Å². The standard InChI is InChI=1S/C21H26FN5O3/c22-16-3-1-4-17(11-16)24-20(28)15-25-6-2-5-18(14-25)27-21(29)12-19(13-23-27)26-7-9-30-10-8-26/h1,3-4,11-13,18H,2,5-10,14-15H2,(H,24,28). The first-order valence-electron chi connectivity index (χ1n) is 10.3. The monoisotopic (exact) mass is 415 g/mol. The number of hydrogen-bond acceptors (Lipinski definition) is 6. The molecule has 2 aliphatic heterocycles. The molecule has 2 aliphatic rings. The van der Waals surface area contributed by atoms with Crippen molar-refractivity contribution in [2.45, 2.75) is 18.9 Å². The van der Waals surface area contributed by atoms with Gasteiger partial charge in [-0.1, -0.05) is 6.07 Å². The van der Waals surface area contributed by atoms with E-state index in [1.165, 1.54) is 16.8 Å². The topological polar surface area (TPSA) is 79.7 Å². The van der Waals surface area contributed by atoms with Crippen LogP contribution in [-0.2, 0) is 9.53 Å². The lowest BCUT2D eigenvalue weighted by Crippen LogP contribution is -2.44. The Morgan fingerprint density at radius 2 is 2.07 bits per heavy atom. The Morgan fingerprint density at radius 3 is 2.83 bits per heavy atom. The fourth-order valence-corrected chi connectivity index (χ4v) is 4.02. The quantitative estimate of drug-likeness (QED) is 0.797. The maximum absolute atomic E-state index is 13.3. The molecule has 2 aromatic rings. The number of carbonyl (C=O) groups excluding carboxylic acids is 1. The minimum Gasteiger partial charge on any atom is -0.378 e. The van der Waals surface area contributed by atoms with Crippen LogP contribution in [0.3, 0.4) is 0 Å². The number of likely N-dealkylation sites (tertiary alicyclic amines) is 1. The number of hydrogen-bond donors (Lipinski definition) is 1. The van der Waals surface area contributed by atoms with Crippen molar-refractivity contribution in [3.8, 4) is 0 Å². The molecule has 8 nitrogen and oxygen atoms in total. The maximum Gasteiger partial charge on any atom is 0.269 e. The highest BCUT2D eigenvalue weighted by atomic mass is 19.1. The van der Waals surface area contributed by atoms with E-state index in [9.17, 15) is 14.0 Å². The van der Waals surface area contributed by atoms with Gasteiger partial charge >= 0.3 is 0 Å². The molecule has 2 fully saturated rings. The van der Waals surface area contributed by atoms with Crippen LogP contribution in [0.15, 0.2) is 41.3 Å². The number of anilines is 2. The summed E-state index contributed by atoms with van der Waals surface area (Å²) in [6, 6.07) is 7.39. The van der Waals surface area contributed by atoms with Gasteiger partial charge < -0.3 is 15.0 Å². The fraction of sp³-hybridized carbons (Fsp3) is 0.476. The average Bonchev–Trinajstić information content (AvgIpc) is 2.74. The molecular formula is C21H26FN5O3. The van der Waals surface area contributed by atoms with E-state index in [4.69, 9.17) is 4.74 Å². The second-order valence-corrected chi connectivity index (χ2v) is 7.69. The Labute approximate surface area is 174 Å². The molecule has 4 rings (SSSR count). The minimum absolute atomic E-state index is 0.0769. The molecule has 1 unspecified atom stereocenters. The number of carbonyl (C=O) groups is 1. The molecule has 1 aromatic heterocycles. The van der Waals surface area contributed by atoms with Gasteiger partial charge in [-0.05, 0) is 37.6 Å². The van der Waals surface area contributed by atoms with Crippen LogP contribution in [0.1, 0.15) is 18.9 Å². The lowest BCUT2D eigenvalue weighted by Gasteiger charge is -2.33. The molecule has 2 saturated heterocycles. The van der Waals surface area contributed by atoms with Gasteiger partial charge in [0.2, 0.25) is 5.91 Å². The highest BCUT2D eigenvalue weighted by Gasteiger charge is 2.25. The van der Waals surface area contributed by atoms with Crippen molar-refractivity contribution in [3.63, 3.8) is 0 Å². The van der Waals surface area contributed by atoms with Crippen LogP contribution in [0.5, 0.6) is 0 Å². The zero-order valence-electron chi connectivity index (χ0n) is 16.8. The van der Waals surface area contributed by atoms with E-state index < -0.39 is 5.82 Å². The number of rotatable bonds is 5. The zero-order chi connectivity index (χ0) is 20.9. The molecule has 1 aromatic carbocycles. The van der Waals surface area contributed by atoms with Crippen LogP contribution in [-0.4, -0.2) is 66.5 Å². The second kappa shape index (κ2) is 9.36. The van der Waals surface area contributed by atoms with Gasteiger partial charge in [-0.3, -0.25) is 14.5 Å². The molecular weight excluding hydrogens is 389 g/mol. The number of aromatic nitrogens is 2. The number of nitrogens with zero attached hydrogens (tertiary/aromatic N) is 4. The highest BCUT2D eigenvalue weighted by Crippen LogP contribution is 2.20. The molecule has 9 heteroatoms. The van der Waals surface area contributed by atoms with Crippen LogP contribution in [0, 0.1) is 5.82 Å². The number of benzene rings is 1. The molecule has 0 spiro atoms. The Balaban J connectivity index is 1.37. The molecule has 0 radical (unpaired) electrons. The van der Waals surface area contributed by atoms with Crippen LogP contribution in [0.25, 0.3) is 0 Å². The molecule has 0 saturated carbocycles. The van der Waals surface area contributed by atoms with Gasteiger partial charge in [0.1, 0.15) is 5.82 Å². The van der Waals surface area contributed by atoms with Crippen molar-refractivity contribution < 1.29 is 13.9 Å². The fourth-order valence-electron chi connectivity index (χ4n) is 4.02. The normalized spacial score (nSPS) is 20.2.